The molecule has 9 heteroatoms. The maximum Gasteiger partial charge on any atom is 0.293 e. The number of nitrogens with zero attached hydrogens (tertiary/aromatic N) is 1. The largest absolute Gasteiger partial charge is 0.490 e. The van der Waals surface area contributed by atoms with Crippen LogP contribution in [0.5, 0.6) is 11.5 Å². The molecular formula is C30H22ClFINO4S. The van der Waals surface area contributed by atoms with E-state index < -0.39 is 17.0 Å². The van der Waals surface area contributed by atoms with Crippen LogP contribution in [0.15, 0.2) is 77.7 Å². The number of hydrogen-bond donors (Lipinski definition) is 0. The molecule has 2 amide bonds. The van der Waals surface area contributed by atoms with Gasteiger partial charge in [-0.15, -0.1) is 0 Å². The predicted octanol–water partition coefficient (Wildman–Crippen LogP) is 8.45. The lowest BCUT2D eigenvalue weighted by Gasteiger charge is -2.16. The number of amides is 2. The minimum Gasteiger partial charge on any atom is -0.490 e. The highest BCUT2D eigenvalue weighted by molar-refractivity contribution is 14.1. The van der Waals surface area contributed by atoms with Crippen molar-refractivity contribution in [3.05, 3.63) is 109 Å². The molecule has 5 nitrogen and oxygen atoms in total. The molecule has 1 saturated heterocycles. The summed E-state index contributed by atoms with van der Waals surface area (Å²) in [5.41, 5.74) is 1.83. The fourth-order valence-corrected chi connectivity index (χ4v) is 6.11. The first-order chi connectivity index (χ1) is 18.9. The molecule has 198 valence electrons. The third kappa shape index (κ3) is 5.92. The second-order valence-corrected chi connectivity index (χ2v) is 11.2. The van der Waals surface area contributed by atoms with Gasteiger partial charge in [-0.2, -0.15) is 0 Å². The first-order valence-electron chi connectivity index (χ1n) is 12.1. The van der Waals surface area contributed by atoms with E-state index >= 15 is 0 Å². The summed E-state index contributed by atoms with van der Waals surface area (Å²) in [4.78, 5) is 26.9. The fraction of sp³-hybridized carbons (Fsp3) is 0.133. The first-order valence-corrected chi connectivity index (χ1v) is 14.4. The highest BCUT2D eigenvalue weighted by atomic mass is 127. The number of imide groups is 1. The zero-order valence-electron chi connectivity index (χ0n) is 20.7. The van der Waals surface area contributed by atoms with Crippen molar-refractivity contribution in [2.24, 2.45) is 0 Å². The fourth-order valence-electron chi connectivity index (χ4n) is 4.27. The van der Waals surface area contributed by atoms with E-state index in [4.69, 9.17) is 21.1 Å². The van der Waals surface area contributed by atoms with Crippen LogP contribution in [0.1, 0.15) is 23.6 Å². The van der Waals surface area contributed by atoms with Crippen LogP contribution >= 0.6 is 46.0 Å². The number of carbonyl (C=O) groups excluding carboxylic acids is 2. The van der Waals surface area contributed by atoms with E-state index in [2.05, 4.69) is 40.8 Å². The van der Waals surface area contributed by atoms with E-state index in [-0.39, 0.29) is 22.0 Å². The number of ether oxygens (including phenoxy) is 2. The number of benzene rings is 4. The molecule has 0 unspecified atom stereocenters. The summed E-state index contributed by atoms with van der Waals surface area (Å²) in [6, 6.07) is 22.1. The summed E-state index contributed by atoms with van der Waals surface area (Å²) in [7, 11) is 0. The summed E-state index contributed by atoms with van der Waals surface area (Å²) >= 11 is 9.08. The Bertz CT molecular complexity index is 1600. The van der Waals surface area contributed by atoms with Crippen molar-refractivity contribution in [1.82, 2.24) is 4.90 Å². The van der Waals surface area contributed by atoms with Gasteiger partial charge in [-0.05, 0) is 93.5 Å². The molecule has 1 heterocycles. The van der Waals surface area contributed by atoms with Gasteiger partial charge < -0.3 is 9.47 Å². The Morgan fingerprint density at radius 1 is 1.03 bits per heavy atom. The Kier molecular flexibility index (Phi) is 8.44. The zero-order valence-corrected chi connectivity index (χ0v) is 24.5. The molecule has 1 aliphatic heterocycles. The zero-order chi connectivity index (χ0) is 27.5. The van der Waals surface area contributed by atoms with E-state index in [0.29, 0.717) is 30.3 Å². The van der Waals surface area contributed by atoms with Gasteiger partial charge in [-0.25, -0.2) is 4.39 Å². The lowest BCUT2D eigenvalue weighted by Crippen LogP contribution is -2.28. The molecule has 39 heavy (non-hydrogen) atoms. The molecule has 0 atom stereocenters. The Hall–Kier alpha value is -3.08. The van der Waals surface area contributed by atoms with Crippen LogP contribution in [0.4, 0.5) is 9.18 Å². The summed E-state index contributed by atoms with van der Waals surface area (Å²) < 4.78 is 27.2. The van der Waals surface area contributed by atoms with Crippen molar-refractivity contribution in [3.8, 4) is 11.5 Å². The molecular weight excluding hydrogens is 652 g/mol. The quantitative estimate of drug-likeness (QED) is 0.139. The van der Waals surface area contributed by atoms with Crippen LogP contribution in [0.2, 0.25) is 5.02 Å². The second-order valence-electron chi connectivity index (χ2n) is 8.66. The van der Waals surface area contributed by atoms with E-state index in [0.717, 1.165) is 36.6 Å². The number of carbonyl (C=O) groups is 2. The molecule has 1 fully saturated rings. The van der Waals surface area contributed by atoms with E-state index in [1.807, 2.05) is 37.3 Å². The number of rotatable bonds is 8. The summed E-state index contributed by atoms with van der Waals surface area (Å²) in [6.45, 7) is 2.42. The molecule has 4 aromatic carbocycles. The molecule has 0 bridgehead atoms. The topological polar surface area (TPSA) is 55.8 Å². The smallest absolute Gasteiger partial charge is 0.293 e. The van der Waals surface area contributed by atoms with Crippen molar-refractivity contribution < 1.29 is 23.5 Å². The number of fused-ring (bicyclic) bond motifs is 1. The standard InChI is InChI=1S/C30H22ClFINO4S/c1-2-37-26-14-18(13-25(33)28(26)38-17-20-9-5-8-19-7-3-4-10-21(19)20)15-27-29(35)34(30(36)39-27)16-22-23(31)11-6-12-24(22)32/h3-15H,2,16-17H2,1H3/b27-15-. The molecule has 0 radical (unpaired) electrons. The molecule has 0 aromatic heterocycles. The molecule has 1 aliphatic rings. The molecule has 4 aromatic rings. The van der Waals surface area contributed by atoms with Gasteiger partial charge >= 0.3 is 0 Å². The monoisotopic (exact) mass is 673 g/mol. The highest BCUT2D eigenvalue weighted by Crippen LogP contribution is 2.39. The van der Waals surface area contributed by atoms with E-state index in [9.17, 15) is 14.0 Å². The van der Waals surface area contributed by atoms with Crippen molar-refractivity contribution in [3.63, 3.8) is 0 Å². The number of halogens is 3. The predicted molar refractivity (Wildman–Crippen MR) is 162 cm³/mol. The van der Waals surface area contributed by atoms with Gasteiger partial charge in [0, 0.05) is 10.6 Å². The van der Waals surface area contributed by atoms with Gasteiger partial charge in [0.05, 0.1) is 21.6 Å². The average molecular weight is 674 g/mol. The van der Waals surface area contributed by atoms with E-state index in [1.165, 1.54) is 18.2 Å². The first kappa shape index (κ1) is 27.5. The van der Waals surface area contributed by atoms with Gasteiger partial charge in [0.25, 0.3) is 11.1 Å². The van der Waals surface area contributed by atoms with Gasteiger partial charge in [-0.1, -0.05) is 60.1 Å². The van der Waals surface area contributed by atoms with Gasteiger partial charge in [0.2, 0.25) is 0 Å². The minimum absolute atomic E-state index is 0.101. The normalized spacial score (nSPS) is 14.5. The summed E-state index contributed by atoms with van der Waals surface area (Å²) in [6.07, 6.45) is 1.63. The lowest BCUT2D eigenvalue weighted by atomic mass is 10.1. The molecule has 0 N–H and O–H groups in total. The van der Waals surface area contributed by atoms with Crippen molar-refractivity contribution in [2.75, 3.05) is 6.61 Å². The maximum atomic E-state index is 14.3. The second kappa shape index (κ2) is 12.0. The van der Waals surface area contributed by atoms with Crippen LogP contribution < -0.4 is 9.47 Å². The summed E-state index contributed by atoms with van der Waals surface area (Å²) in [5.74, 6) is 0.0622. The molecule has 0 spiro atoms. The minimum atomic E-state index is -0.569. The molecule has 5 rings (SSSR count). The maximum absolute atomic E-state index is 14.3. The number of hydrogen-bond acceptors (Lipinski definition) is 5. The van der Waals surface area contributed by atoms with Crippen molar-refractivity contribution in [2.45, 2.75) is 20.1 Å². The van der Waals surface area contributed by atoms with Crippen molar-refractivity contribution >= 4 is 73.9 Å². The van der Waals surface area contributed by atoms with Crippen LogP contribution in [-0.4, -0.2) is 22.7 Å². The molecule has 0 saturated carbocycles. The average Bonchev–Trinajstić information content (AvgIpc) is 3.17. The molecule has 0 aliphatic carbocycles. The van der Waals surface area contributed by atoms with Crippen LogP contribution in [0.3, 0.4) is 0 Å². The van der Waals surface area contributed by atoms with Crippen LogP contribution in [0.25, 0.3) is 16.8 Å². The Morgan fingerprint density at radius 3 is 2.59 bits per heavy atom. The number of thioether (sulfide) groups is 1. The lowest BCUT2D eigenvalue weighted by molar-refractivity contribution is -0.123. The van der Waals surface area contributed by atoms with Gasteiger partial charge in [-0.3, -0.25) is 14.5 Å². The van der Waals surface area contributed by atoms with E-state index in [1.54, 1.807) is 12.1 Å². The van der Waals surface area contributed by atoms with Crippen LogP contribution in [-0.2, 0) is 17.9 Å². The third-order valence-electron chi connectivity index (χ3n) is 6.13. The highest BCUT2D eigenvalue weighted by Gasteiger charge is 2.36. The Labute approximate surface area is 248 Å². The SMILES string of the molecule is CCOc1cc(/C=C2\SC(=O)N(Cc3c(F)cccc3Cl)C2=O)cc(I)c1OCc1cccc2ccccc12. The Morgan fingerprint density at radius 2 is 1.79 bits per heavy atom. The third-order valence-corrected chi connectivity index (χ3v) is 8.20. The Balaban J connectivity index is 1.39. The van der Waals surface area contributed by atoms with Gasteiger partial charge in [0.15, 0.2) is 11.5 Å². The van der Waals surface area contributed by atoms with Crippen LogP contribution in [0, 0.1) is 9.39 Å². The van der Waals surface area contributed by atoms with Crippen molar-refractivity contribution in [1.29, 1.82) is 0 Å². The van der Waals surface area contributed by atoms with Gasteiger partial charge in [0.1, 0.15) is 12.4 Å². The summed E-state index contributed by atoms with van der Waals surface area (Å²) in [5, 5.41) is 1.94.